The van der Waals surface area contributed by atoms with Gasteiger partial charge in [-0.3, -0.25) is 0 Å². The number of nitrogens with zero attached hydrogens (tertiary/aromatic N) is 2. The third-order valence-corrected chi connectivity index (χ3v) is 1.05. The molecule has 54 valence electrons. The van der Waals surface area contributed by atoms with Crippen LogP contribution in [0.5, 0.6) is 0 Å². The molecule has 1 aromatic rings. The number of aryl methyl sites for hydroxylation is 1. The molecule has 0 amide bonds. The van der Waals surface area contributed by atoms with Gasteiger partial charge in [-0.25, -0.2) is 18.7 Å². The van der Waals surface area contributed by atoms with E-state index in [0.29, 0.717) is 5.69 Å². The van der Waals surface area contributed by atoms with Gasteiger partial charge in [0.2, 0.25) is 0 Å². The summed E-state index contributed by atoms with van der Waals surface area (Å²) in [4.78, 5) is 7.06. The Bertz CT molecular complexity index is 225. The lowest BCUT2D eigenvalue weighted by Gasteiger charge is -1.96. The van der Waals surface area contributed by atoms with Gasteiger partial charge in [0.1, 0.15) is 12.0 Å². The van der Waals surface area contributed by atoms with Crippen LogP contribution in [0.4, 0.5) is 8.78 Å². The molecule has 1 heterocycles. The lowest BCUT2D eigenvalue weighted by Crippen LogP contribution is -1.91. The SMILES string of the molecule is Cc1cc(C(F)F)ncn1. The van der Waals surface area contributed by atoms with Crippen LogP contribution in [0.2, 0.25) is 0 Å². The molecule has 0 aliphatic rings. The van der Waals surface area contributed by atoms with Crippen molar-refractivity contribution in [2.45, 2.75) is 13.3 Å². The molecule has 0 aliphatic carbocycles. The molecule has 0 bridgehead atoms. The molecule has 0 N–H and O–H groups in total. The molecule has 0 aliphatic heterocycles. The number of hydrogen-bond acceptors (Lipinski definition) is 2. The maximum Gasteiger partial charge on any atom is 0.280 e. The van der Waals surface area contributed by atoms with Crippen LogP contribution in [0.15, 0.2) is 12.4 Å². The van der Waals surface area contributed by atoms with Crippen LogP contribution in [0.3, 0.4) is 0 Å². The molecule has 4 heteroatoms. The van der Waals surface area contributed by atoms with Crippen molar-refractivity contribution in [2.24, 2.45) is 0 Å². The van der Waals surface area contributed by atoms with Crippen molar-refractivity contribution in [3.8, 4) is 0 Å². The average molecular weight is 144 g/mol. The van der Waals surface area contributed by atoms with Gasteiger partial charge in [-0.15, -0.1) is 0 Å². The Balaban J connectivity index is 2.96. The topological polar surface area (TPSA) is 25.8 Å². The van der Waals surface area contributed by atoms with Crippen LogP contribution < -0.4 is 0 Å². The van der Waals surface area contributed by atoms with Crippen molar-refractivity contribution in [3.63, 3.8) is 0 Å². The summed E-state index contributed by atoms with van der Waals surface area (Å²) in [5.74, 6) is 0. The van der Waals surface area contributed by atoms with E-state index in [0.717, 1.165) is 6.33 Å². The zero-order valence-electron chi connectivity index (χ0n) is 5.38. The highest BCUT2D eigenvalue weighted by Crippen LogP contribution is 2.14. The summed E-state index contributed by atoms with van der Waals surface area (Å²) in [5, 5.41) is 0. The number of rotatable bonds is 1. The van der Waals surface area contributed by atoms with Crippen LogP contribution in [0.25, 0.3) is 0 Å². The van der Waals surface area contributed by atoms with Gasteiger partial charge in [-0.05, 0) is 13.0 Å². The predicted octanol–water partition coefficient (Wildman–Crippen LogP) is 1.72. The Morgan fingerprint density at radius 1 is 1.40 bits per heavy atom. The third kappa shape index (κ3) is 1.46. The Labute approximate surface area is 56.9 Å². The van der Waals surface area contributed by atoms with Gasteiger partial charge in [0, 0.05) is 5.69 Å². The first kappa shape index (κ1) is 7.05. The van der Waals surface area contributed by atoms with Crippen LogP contribution in [0.1, 0.15) is 17.8 Å². The van der Waals surface area contributed by atoms with Gasteiger partial charge in [0.15, 0.2) is 0 Å². The van der Waals surface area contributed by atoms with E-state index in [-0.39, 0.29) is 5.69 Å². The monoisotopic (exact) mass is 144 g/mol. The van der Waals surface area contributed by atoms with Gasteiger partial charge in [0.05, 0.1) is 0 Å². The molecule has 1 aromatic heterocycles. The summed E-state index contributed by atoms with van der Waals surface area (Å²) >= 11 is 0. The van der Waals surface area contributed by atoms with Gasteiger partial charge < -0.3 is 0 Å². The Hall–Kier alpha value is -1.06. The van der Waals surface area contributed by atoms with E-state index < -0.39 is 6.43 Å². The van der Waals surface area contributed by atoms with Crippen molar-refractivity contribution in [1.29, 1.82) is 0 Å². The minimum absolute atomic E-state index is 0.215. The van der Waals surface area contributed by atoms with Gasteiger partial charge in [-0.2, -0.15) is 0 Å². The summed E-state index contributed by atoms with van der Waals surface area (Å²) in [5.41, 5.74) is 0.345. The van der Waals surface area contributed by atoms with E-state index in [1.807, 2.05) is 0 Å². The van der Waals surface area contributed by atoms with Crippen LogP contribution >= 0.6 is 0 Å². The number of halogens is 2. The van der Waals surface area contributed by atoms with Crippen molar-refractivity contribution in [2.75, 3.05) is 0 Å². The second kappa shape index (κ2) is 2.68. The Morgan fingerprint density at radius 2 is 2.10 bits per heavy atom. The summed E-state index contributed by atoms with van der Waals surface area (Å²) in [6.45, 7) is 1.65. The Morgan fingerprint density at radius 3 is 2.50 bits per heavy atom. The molecule has 0 aromatic carbocycles. The fourth-order valence-electron chi connectivity index (χ4n) is 0.594. The summed E-state index contributed by atoms with van der Waals surface area (Å²) in [7, 11) is 0. The van der Waals surface area contributed by atoms with Crippen molar-refractivity contribution >= 4 is 0 Å². The fraction of sp³-hybridized carbons (Fsp3) is 0.333. The lowest BCUT2D eigenvalue weighted by atomic mass is 10.3. The van der Waals surface area contributed by atoms with Crippen LogP contribution in [-0.4, -0.2) is 9.97 Å². The molecule has 0 atom stereocenters. The molecule has 0 fully saturated rings. The molecule has 0 saturated carbocycles. The zero-order valence-corrected chi connectivity index (χ0v) is 5.38. The van der Waals surface area contributed by atoms with E-state index >= 15 is 0 Å². The van der Waals surface area contributed by atoms with E-state index in [9.17, 15) is 8.78 Å². The number of hydrogen-bond donors (Lipinski definition) is 0. The Kier molecular flexibility index (Phi) is 1.89. The van der Waals surface area contributed by atoms with Crippen LogP contribution in [0, 0.1) is 6.92 Å². The van der Waals surface area contributed by atoms with Gasteiger partial charge in [0.25, 0.3) is 6.43 Å². The minimum Gasteiger partial charge on any atom is -0.242 e. The lowest BCUT2D eigenvalue weighted by molar-refractivity contribution is 0.145. The second-order valence-corrected chi connectivity index (χ2v) is 1.88. The summed E-state index contributed by atoms with van der Waals surface area (Å²) < 4.78 is 23.7. The molecule has 0 unspecified atom stereocenters. The van der Waals surface area contributed by atoms with Crippen LogP contribution in [-0.2, 0) is 0 Å². The summed E-state index contributed by atoms with van der Waals surface area (Å²) in [6, 6.07) is 1.27. The largest absolute Gasteiger partial charge is 0.280 e. The predicted molar refractivity (Wildman–Crippen MR) is 31.7 cm³/mol. The smallest absolute Gasteiger partial charge is 0.242 e. The van der Waals surface area contributed by atoms with Crippen molar-refractivity contribution in [3.05, 3.63) is 23.8 Å². The maximum atomic E-state index is 11.9. The first-order valence-corrected chi connectivity index (χ1v) is 2.77. The highest BCUT2D eigenvalue weighted by molar-refractivity contribution is 5.06. The molecule has 0 saturated heterocycles. The second-order valence-electron chi connectivity index (χ2n) is 1.88. The van der Waals surface area contributed by atoms with Crippen molar-refractivity contribution < 1.29 is 8.78 Å². The molecule has 2 nitrogen and oxygen atoms in total. The minimum atomic E-state index is -2.50. The first-order chi connectivity index (χ1) is 4.70. The summed E-state index contributed by atoms with van der Waals surface area (Å²) in [6.07, 6.45) is -1.36. The number of alkyl halides is 2. The molecule has 0 radical (unpaired) electrons. The van der Waals surface area contributed by atoms with Gasteiger partial charge >= 0.3 is 0 Å². The van der Waals surface area contributed by atoms with E-state index in [1.54, 1.807) is 6.92 Å². The maximum absolute atomic E-state index is 11.9. The highest BCUT2D eigenvalue weighted by Gasteiger charge is 2.07. The third-order valence-electron chi connectivity index (χ3n) is 1.05. The molecule has 0 spiro atoms. The molecule has 10 heavy (non-hydrogen) atoms. The molecule has 1 rings (SSSR count). The average Bonchev–Trinajstić information content (AvgIpc) is 1.88. The van der Waals surface area contributed by atoms with Crippen molar-refractivity contribution in [1.82, 2.24) is 9.97 Å². The van der Waals surface area contributed by atoms with Gasteiger partial charge in [-0.1, -0.05) is 0 Å². The fourth-order valence-corrected chi connectivity index (χ4v) is 0.594. The zero-order chi connectivity index (χ0) is 7.56. The quantitative estimate of drug-likeness (QED) is 0.599. The molecular formula is C6H6F2N2. The number of aromatic nitrogens is 2. The van der Waals surface area contributed by atoms with E-state index in [1.165, 1.54) is 6.07 Å². The first-order valence-electron chi connectivity index (χ1n) is 2.77. The normalized spacial score (nSPS) is 10.4. The van der Waals surface area contributed by atoms with E-state index in [4.69, 9.17) is 0 Å². The standard InChI is InChI=1S/C6H6F2N2/c1-4-2-5(6(7)8)10-3-9-4/h2-3,6H,1H3. The highest BCUT2D eigenvalue weighted by atomic mass is 19.3. The molecular weight excluding hydrogens is 138 g/mol. The van der Waals surface area contributed by atoms with E-state index in [2.05, 4.69) is 9.97 Å².